The van der Waals surface area contributed by atoms with Gasteiger partial charge >= 0.3 is 0 Å². The van der Waals surface area contributed by atoms with Crippen molar-refractivity contribution in [3.05, 3.63) is 74.2 Å². The van der Waals surface area contributed by atoms with E-state index in [1.54, 1.807) is 19.3 Å². The summed E-state index contributed by atoms with van der Waals surface area (Å²) in [5.74, 6) is 0.174. The second-order valence-corrected chi connectivity index (χ2v) is 10.0. The summed E-state index contributed by atoms with van der Waals surface area (Å²) in [6.45, 7) is 9.30. The van der Waals surface area contributed by atoms with Crippen LogP contribution in [0, 0.1) is 10.1 Å². The van der Waals surface area contributed by atoms with Crippen molar-refractivity contribution in [1.82, 2.24) is 4.90 Å². The van der Waals surface area contributed by atoms with E-state index >= 15 is 0 Å². The van der Waals surface area contributed by atoms with Gasteiger partial charge in [0.2, 0.25) is 0 Å². The Morgan fingerprint density at radius 1 is 1.20 bits per heavy atom. The van der Waals surface area contributed by atoms with Crippen molar-refractivity contribution in [2.24, 2.45) is 0 Å². The van der Waals surface area contributed by atoms with Gasteiger partial charge in [0.15, 0.2) is 0 Å². The first-order chi connectivity index (χ1) is 16.6. The minimum absolute atomic E-state index is 0.0343. The molecule has 0 saturated carbocycles. The fraction of sp³-hybridized carbons (Fsp3) is 0.308. The molecule has 2 aliphatic rings. The predicted octanol–water partition coefficient (Wildman–Crippen LogP) is 5.86. The molecule has 0 radical (unpaired) electrons. The molecule has 182 valence electrons. The Bertz CT molecular complexity index is 1300. The molecule has 8 nitrogen and oxygen atoms in total. The van der Waals surface area contributed by atoms with Crippen LogP contribution >= 0.6 is 11.8 Å². The van der Waals surface area contributed by atoms with Crippen molar-refractivity contribution in [2.75, 3.05) is 18.6 Å². The number of carbonyl (C=O) groups excluding carboxylic acids is 2. The maximum Gasteiger partial charge on any atom is 0.293 e. The number of methoxy groups -OCH3 is 1. The number of hydrogen-bond donors (Lipinski definition) is 0. The standard InChI is InChI=1S/C26H27N3O5S/c1-6-28-21-13-22(34-5)18(11-20(21)16(2)14-26(28,3)4)12-23-24(30)27(25(31)35-23)15-17-8-7-9-19(10-17)29(32)33/h7-14H,6,15H2,1-5H3/b23-12+. The lowest BCUT2D eigenvalue weighted by Gasteiger charge is -2.43. The maximum absolute atomic E-state index is 13.1. The summed E-state index contributed by atoms with van der Waals surface area (Å²) in [5.41, 5.74) is 4.22. The third-order valence-corrected chi connectivity index (χ3v) is 7.17. The number of fused-ring (bicyclic) bond motifs is 1. The molecule has 4 rings (SSSR count). The number of carbonyl (C=O) groups is 2. The van der Waals surface area contributed by atoms with Gasteiger partial charge in [0, 0.05) is 41.6 Å². The minimum Gasteiger partial charge on any atom is -0.496 e. The van der Waals surface area contributed by atoms with Gasteiger partial charge in [-0.25, -0.2) is 0 Å². The van der Waals surface area contributed by atoms with Crippen LogP contribution in [0.2, 0.25) is 0 Å². The first-order valence-electron chi connectivity index (χ1n) is 11.2. The number of rotatable bonds is 6. The number of benzene rings is 2. The van der Waals surface area contributed by atoms with Crippen LogP contribution in [0.4, 0.5) is 16.2 Å². The van der Waals surface area contributed by atoms with Crippen molar-refractivity contribution in [2.45, 2.75) is 39.8 Å². The number of amides is 2. The van der Waals surface area contributed by atoms with Crippen LogP contribution in [0.5, 0.6) is 5.75 Å². The van der Waals surface area contributed by atoms with Crippen LogP contribution in [-0.2, 0) is 11.3 Å². The summed E-state index contributed by atoms with van der Waals surface area (Å²) >= 11 is 0.853. The van der Waals surface area contributed by atoms with Gasteiger partial charge in [-0.1, -0.05) is 18.2 Å². The number of ether oxygens (including phenoxy) is 1. The smallest absolute Gasteiger partial charge is 0.293 e. The SMILES string of the molecule is CCN1c2cc(OC)c(/C=C3/SC(=O)N(Cc4cccc([N+](=O)[O-])c4)C3=O)cc2C(C)=CC1(C)C. The molecule has 2 aromatic rings. The Morgan fingerprint density at radius 2 is 1.94 bits per heavy atom. The number of hydrogen-bond acceptors (Lipinski definition) is 7. The highest BCUT2D eigenvalue weighted by atomic mass is 32.2. The average molecular weight is 494 g/mol. The van der Waals surface area contributed by atoms with E-state index in [2.05, 4.69) is 38.7 Å². The van der Waals surface area contributed by atoms with E-state index in [1.807, 2.05) is 12.1 Å². The van der Waals surface area contributed by atoms with Crippen LogP contribution in [0.15, 0.2) is 47.4 Å². The maximum atomic E-state index is 13.1. The molecule has 2 aromatic carbocycles. The Morgan fingerprint density at radius 3 is 2.60 bits per heavy atom. The summed E-state index contributed by atoms with van der Waals surface area (Å²) < 4.78 is 5.66. The summed E-state index contributed by atoms with van der Waals surface area (Å²) in [5, 5.41) is 10.6. The normalized spacial score (nSPS) is 18.1. The number of nitrogens with zero attached hydrogens (tertiary/aromatic N) is 3. The predicted molar refractivity (Wildman–Crippen MR) is 138 cm³/mol. The van der Waals surface area contributed by atoms with Gasteiger partial charge in [-0.05, 0) is 62.7 Å². The Labute approximate surface area is 208 Å². The van der Waals surface area contributed by atoms with Gasteiger partial charge < -0.3 is 9.64 Å². The van der Waals surface area contributed by atoms with E-state index < -0.39 is 16.1 Å². The van der Waals surface area contributed by atoms with E-state index in [1.165, 1.54) is 18.2 Å². The van der Waals surface area contributed by atoms with Crippen molar-refractivity contribution in [1.29, 1.82) is 0 Å². The third kappa shape index (κ3) is 4.55. The molecule has 0 unspecified atom stereocenters. The van der Waals surface area contributed by atoms with Crippen LogP contribution in [-0.4, -0.2) is 40.2 Å². The zero-order valence-corrected chi connectivity index (χ0v) is 21.1. The largest absolute Gasteiger partial charge is 0.496 e. The second-order valence-electron chi connectivity index (χ2n) is 9.03. The minimum atomic E-state index is -0.503. The van der Waals surface area contributed by atoms with Gasteiger partial charge in [0.25, 0.3) is 16.8 Å². The van der Waals surface area contributed by atoms with Gasteiger partial charge in [-0.2, -0.15) is 0 Å². The van der Waals surface area contributed by atoms with Crippen LogP contribution in [0.25, 0.3) is 11.6 Å². The number of thioether (sulfide) groups is 1. The highest BCUT2D eigenvalue weighted by Gasteiger charge is 2.36. The molecular weight excluding hydrogens is 466 g/mol. The molecule has 0 aromatic heterocycles. The molecule has 1 fully saturated rings. The molecular formula is C26H27N3O5S. The first-order valence-corrected chi connectivity index (χ1v) is 12.1. The number of imide groups is 1. The van der Waals surface area contributed by atoms with Crippen LogP contribution < -0.4 is 9.64 Å². The highest BCUT2D eigenvalue weighted by molar-refractivity contribution is 8.18. The number of nitro groups is 1. The van der Waals surface area contributed by atoms with E-state index in [0.717, 1.165) is 40.0 Å². The molecule has 1 saturated heterocycles. The van der Waals surface area contributed by atoms with Crippen LogP contribution in [0.3, 0.4) is 0 Å². The molecule has 0 bridgehead atoms. The Balaban J connectivity index is 1.68. The van der Waals surface area contributed by atoms with Crippen molar-refractivity contribution >= 4 is 45.9 Å². The lowest BCUT2D eigenvalue weighted by molar-refractivity contribution is -0.384. The Hall–Kier alpha value is -3.59. The summed E-state index contributed by atoms with van der Waals surface area (Å²) in [4.78, 5) is 40.0. The molecule has 0 spiro atoms. The highest BCUT2D eigenvalue weighted by Crippen LogP contribution is 2.43. The topological polar surface area (TPSA) is 93.0 Å². The monoisotopic (exact) mass is 493 g/mol. The van der Waals surface area contributed by atoms with Gasteiger partial charge in [-0.3, -0.25) is 24.6 Å². The van der Waals surface area contributed by atoms with Gasteiger partial charge in [0.1, 0.15) is 5.75 Å². The molecule has 0 atom stereocenters. The molecule has 2 heterocycles. The van der Waals surface area contributed by atoms with Gasteiger partial charge in [-0.15, -0.1) is 0 Å². The lowest BCUT2D eigenvalue weighted by atomic mass is 9.87. The van der Waals surface area contributed by atoms with Crippen molar-refractivity contribution < 1.29 is 19.2 Å². The number of nitro benzene ring substituents is 1. The van der Waals surface area contributed by atoms with E-state index in [9.17, 15) is 19.7 Å². The quantitative estimate of drug-likeness (QED) is 0.283. The zero-order chi connectivity index (χ0) is 25.5. The van der Waals surface area contributed by atoms with E-state index in [-0.39, 0.29) is 22.7 Å². The fourth-order valence-electron chi connectivity index (χ4n) is 4.72. The summed E-state index contributed by atoms with van der Waals surface area (Å²) in [6.07, 6.45) is 3.91. The van der Waals surface area contributed by atoms with Crippen LogP contribution in [0.1, 0.15) is 44.4 Å². The fourth-order valence-corrected chi connectivity index (χ4v) is 5.55. The summed E-state index contributed by atoms with van der Waals surface area (Å²) in [7, 11) is 1.58. The third-order valence-electron chi connectivity index (χ3n) is 6.27. The molecule has 2 aliphatic heterocycles. The Kier molecular flexibility index (Phi) is 6.46. The number of allylic oxidation sites excluding steroid dienone is 1. The molecule has 35 heavy (non-hydrogen) atoms. The first kappa shape index (κ1) is 24.5. The molecule has 0 aliphatic carbocycles. The second kappa shape index (κ2) is 9.22. The van der Waals surface area contributed by atoms with Crippen molar-refractivity contribution in [3.63, 3.8) is 0 Å². The van der Waals surface area contributed by atoms with Crippen molar-refractivity contribution in [3.8, 4) is 5.75 Å². The molecule has 2 amide bonds. The number of anilines is 1. The van der Waals surface area contributed by atoms with E-state index in [4.69, 9.17) is 4.74 Å². The lowest BCUT2D eigenvalue weighted by Crippen LogP contribution is -2.44. The molecule has 0 N–H and O–H groups in total. The zero-order valence-electron chi connectivity index (χ0n) is 20.3. The average Bonchev–Trinajstić information content (AvgIpc) is 3.06. The summed E-state index contributed by atoms with van der Waals surface area (Å²) in [6, 6.07) is 9.91. The number of non-ortho nitro benzene ring substituents is 1. The van der Waals surface area contributed by atoms with E-state index in [0.29, 0.717) is 16.9 Å². The number of likely N-dealkylation sites (N-methyl/N-ethyl adjacent to an activating group) is 1. The molecule has 9 heteroatoms. The van der Waals surface area contributed by atoms with Gasteiger partial charge in [0.05, 0.1) is 29.0 Å².